The van der Waals surface area contributed by atoms with Gasteiger partial charge in [-0.3, -0.25) is 0 Å². The van der Waals surface area contributed by atoms with Crippen molar-refractivity contribution in [3.8, 4) is 0 Å². The first kappa shape index (κ1) is 13.5. The van der Waals surface area contributed by atoms with Crippen LogP contribution >= 0.6 is 0 Å². The van der Waals surface area contributed by atoms with Gasteiger partial charge in [-0.25, -0.2) is 8.42 Å². The van der Waals surface area contributed by atoms with Gasteiger partial charge in [-0.15, -0.1) is 0 Å². The number of rotatable bonds is 5. The van der Waals surface area contributed by atoms with E-state index >= 15 is 0 Å². The quantitative estimate of drug-likeness (QED) is 0.878. The zero-order chi connectivity index (χ0) is 13.3. The van der Waals surface area contributed by atoms with Crippen LogP contribution in [0.25, 0.3) is 0 Å². The molecular weight excluding hydrogens is 248 g/mol. The summed E-state index contributed by atoms with van der Waals surface area (Å²) in [5.41, 5.74) is 7.62. The number of benzene rings is 1. The molecule has 0 heterocycles. The smallest absolute Gasteiger partial charge is 0.243 e. The Morgan fingerprint density at radius 3 is 2.44 bits per heavy atom. The van der Waals surface area contributed by atoms with Crippen molar-refractivity contribution in [2.45, 2.75) is 37.6 Å². The van der Waals surface area contributed by atoms with Crippen molar-refractivity contribution in [1.82, 2.24) is 4.31 Å². The summed E-state index contributed by atoms with van der Waals surface area (Å²) < 4.78 is 26.6. The first-order chi connectivity index (χ1) is 8.46. The molecule has 0 unspecified atom stereocenters. The molecule has 0 aromatic heterocycles. The lowest BCUT2D eigenvalue weighted by molar-refractivity contribution is 0.411. The predicted octanol–water partition coefficient (Wildman–Crippen LogP) is 1.42. The number of hydrogen-bond donors (Lipinski definition) is 1. The minimum Gasteiger partial charge on any atom is -0.329 e. The molecule has 0 bridgehead atoms. The van der Waals surface area contributed by atoms with Crippen molar-refractivity contribution in [3.05, 3.63) is 29.3 Å². The minimum absolute atomic E-state index is 0.153. The lowest BCUT2D eigenvalue weighted by atomic mass is 10.1. The van der Waals surface area contributed by atoms with Crippen LogP contribution in [0.2, 0.25) is 0 Å². The Bertz CT molecular complexity index is 536. The van der Waals surface area contributed by atoms with Gasteiger partial charge in [0, 0.05) is 19.1 Å². The van der Waals surface area contributed by atoms with E-state index in [9.17, 15) is 8.42 Å². The molecule has 2 rings (SSSR count). The fourth-order valence-corrected chi connectivity index (χ4v) is 3.78. The van der Waals surface area contributed by atoms with Gasteiger partial charge in [-0.2, -0.15) is 4.31 Å². The van der Waals surface area contributed by atoms with Crippen LogP contribution in [0, 0.1) is 13.8 Å². The maximum atomic E-state index is 12.5. The Hall–Kier alpha value is -0.910. The molecular formula is C13H20N2O2S. The summed E-state index contributed by atoms with van der Waals surface area (Å²) in [4.78, 5) is 0.381. The molecule has 100 valence electrons. The number of sulfonamides is 1. The predicted molar refractivity (Wildman–Crippen MR) is 71.9 cm³/mol. The Kier molecular flexibility index (Phi) is 3.75. The second-order valence-corrected chi connectivity index (χ2v) is 6.77. The van der Waals surface area contributed by atoms with Gasteiger partial charge < -0.3 is 5.73 Å². The topological polar surface area (TPSA) is 63.4 Å². The van der Waals surface area contributed by atoms with Crippen molar-refractivity contribution < 1.29 is 8.42 Å². The van der Waals surface area contributed by atoms with Crippen molar-refractivity contribution in [3.63, 3.8) is 0 Å². The standard InChI is InChI=1S/C13H20N2O2S/c1-10-3-6-13(9-11(10)2)18(16,17)15(8-7-14)12-4-5-12/h3,6,9,12H,4-5,7-8,14H2,1-2H3. The fourth-order valence-electron chi connectivity index (χ4n) is 2.00. The van der Waals surface area contributed by atoms with Crippen molar-refractivity contribution in [2.75, 3.05) is 13.1 Å². The van der Waals surface area contributed by atoms with Gasteiger partial charge in [0.1, 0.15) is 0 Å². The molecule has 0 atom stereocenters. The zero-order valence-corrected chi connectivity index (χ0v) is 11.7. The van der Waals surface area contributed by atoms with Crippen LogP contribution in [0.4, 0.5) is 0 Å². The van der Waals surface area contributed by atoms with Crippen LogP contribution < -0.4 is 5.73 Å². The van der Waals surface area contributed by atoms with Crippen molar-refractivity contribution >= 4 is 10.0 Å². The van der Waals surface area contributed by atoms with Gasteiger partial charge in [0.2, 0.25) is 10.0 Å². The largest absolute Gasteiger partial charge is 0.329 e. The summed E-state index contributed by atoms with van der Waals surface area (Å²) in [6.45, 7) is 4.67. The first-order valence-corrected chi connectivity index (χ1v) is 7.70. The monoisotopic (exact) mass is 268 g/mol. The summed E-state index contributed by atoms with van der Waals surface area (Å²) >= 11 is 0. The number of hydrogen-bond acceptors (Lipinski definition) is 3. The number of nitrogens with zero attached hydrogens (tertiary/aromatic N) is 1. The highest BCUT2D eigenvalue weighted by Gasteiger charge is 2.37. The van der Waals surface area contributed by atoms with E-state index in [1.807, 2.05) is 19.9 Å². The van der Waals surface area contributed by atoms with E-state index in [2.05, 4.69) is 0 Å². The molecule has 1 aromatic rings. The van der Waals surface area contributed by atoms with Crippen LogP contribution in [-0.2, 0) is 10.0 Å². The maximum Gasteiger partial charge on any atom is 0.243 e. The highest BCUT2D eigenvalue weighted by Crippen LogP contribution is 2.32. The molecule has 1 saturated carbocycles. The number of aryl methyl sites for hydroxylation is 2. The van der Waals surface area contributed by atoms with Crippen LogP contribution in [0.5, 0.6) is 0 Å². The van der Waals surface area contributed by atoms with E-state index in [4.69, 9.17) is 5.73 Å². The summed E-state index contributed by atoms with van der Waals surface area (Å²) in [6, 6.07) is 5.44. The Morgan fingerprint density at radius 2 is 1.94 bits per heavy atom. The molecule has 0 aliphatic heterocycles. The molecule has 4 nitrogen and oxygen atoms in total. The van der Waals surface area contributed by atoms with Gasteiger partial charge in [0.15, 0.2) is 0 Å². The Morgan fingerprint density at radius 1 is 1.28 bits per heavy atom. The first-order valence-electron chi connectivity index (χ1n) is 6.26. The molecule has 1 aliphatic rings. The molecule has 0 amide bonds. The van der Waals surface area contributed by atoms with E-state index < -0.39 is 10.0 Å². The average molecular weight is 268 g/mol. The third-order valence-corrected chi connectivity index (χ3v) is 5.34. The summed E-state index contributed by atoms with van der Waals surface area (Å²) in [5, 5.41) is 0. The van der Waals surface area contributed by atoms with E-state index in [0.717, 1.165) is 24.0 Å². The SMILES string of the molecule is Cc1ccc(S(=O)(=O)N(CCN)C2CC2)cc1C. The van der Waals surface area contributed by atoms with Crippen LogP contribution in [0.1, 0.15) is 24.0 Å². The van der Waals surface area contributed by atoms with Crippen molar-refractivity contribution in [2.24, 2.45) is 5.73 Å². The molecule has 2 N–H and O–H groups in total. The molecule has 5 heteroatoms. The Balaban J connectivity index is 2.36. The minimum atomic E-state index is -3.39. The number of nitrogens with two attached hydrogens (primary N) is 1. The second-order valence-electron chi connectivity index (χ2n) is 4.88. The van der Waals surface area contributed by atoms with E-state index in [0.29, 0.717) is 18.0 Å². The van der Waals surface area contributed by atoms with Gasteiger partial charge in [0.25, 0.3) is 0 Å². The van der Waals surface area contributed by atoms with Gasteiger partial charge >= 0.3 is 0 Å². The van der Waals surface area contributed by atoms with E-state index in [1.165, 1.54) is 0 Å². The molecule has 0 saturated heterocycles. The van der Waals surface area contributed by atoms with Gasteiger partial charge in [-0.05, 0) is 49.9 Å². The second kappa shape index (κ2) is 4.99. The van der Waals surface area contributed by atoms with Crippen LogP contribution in [0.3, 0.4) is 0 Å². The highest BCUT2D eigenvalue weighted by atomic mass is 32.2. The Labute approximate surface area is 109 Å². The van der Waals surface area contributed by atoms with E-state index in [-0.39, 0.29) is 6.04 Å². The van der Waals surface area contributed by atoms with E-state index in [1.54, 1.807) is 16.4 Å². The molecule has 0 spiro atoms. The fraction of sp³-hybridized carbons (Fsp3) is 0.538. The lowest BCUT2D eigenvalue weighted by Gasteiger charge is -2.21. The molecule has 1 aromatic carbocycles. The normalized spacial score (nSPS) is 16.2. The van der Waals surface area contributed by atoms with Crippen LogP contribution in [0.15, 0.2) is 23.1 Å². The molecule has 1 fully saturated rings. The molecule has 18 heavy (non-hydrogen) atoms. The van der Waals surface area contributed by atoms with Gasteiger partial charge in [0.05, 0.1) is 4.90 Å². The third-order valence-electron chi connectivity index (χ3n) is 3.39. The summed E-state index contributed by atoms with van der Waals surface area (Å²) in [5.74, 6) is 0. The lowest BCUT2D eigenvalue weighted by Crippen LogP contribution is -2.37. The highest BCUT2D eigenvalue weighted by molar-refractivity contribution is 7.89. The zero-order valence-electron chi connectivity index (χ0n) is 10.9. The summed E-state index contributed by atoms with van der Waals surface area (Å²) in [6.07, 6.45) is 1.90. The van der Waals surface area contributed by atoms with Gasteiger partial charge in [-0.1, -0.05) is 6.07 Å². The molecule has 0 radical (unpaired) electrons. The average Bonchev–Trinajstić information content (AvgIpc) is 3.13. The third kappa shape index (κ3) is 2.58. The molecule has 1 aliphatic carbocycles. The summed E-state index contributed by atoms with van der Waals surface area (Å²) in [7, 11) is -3.39. The van der Waals surface area contributed by atoms with Crippen LogP contribution in [-0.4, -0.2) is 31.9 Å². The van der Waals surface area contributed by atoms with Crippen molar-refractivity contribution in [1.29, 1.82) is 0 Å². The maximum absolute atomic E-state index is 12.5.